The maximum absolute atomic E-state index is 5.52. The number of hydrogen-bond acceptors (Lipinski definition) is 2. The van der Waals surface area contributed by atoms with Crippen molar-refractivity contribution in [3.63, 3.8) is 0 Å². The van der Waals surface area contributed by atoms with E-state index in [-0.39, 0.29) is 0 Å². The fraction of sp³-hybridized carbons (Fsp3) is 1.00. The molecule has 0 aromatic carbocycles. The highest BCUT2D eigenvalue weighted by Crippen LogP contribution is 2.39. The summed E-state index contributed by atoms with van der Waals surface area (Å²) in [6.45, 7) is 6.76. The maximum Gasteiger partial charge on any atom is 0.0143 e. The molecular weight excluding hydrogens is 160 g/mol. The first kappa shape index (κ1) is 11.0. The number of rotatable bonds is 4. The lowest BCUT2D eigenvalue weighted by Crippen LogP contribution is -2.40. The van der Waals surface area contributed by atoms with Crippen LogP contribution in [0.5, 0.6) is 0 Å². The minimum absolute atomic E-state index is 0.517. The van der Waals surface area contributed by atoms with Crippen LogP contribution in [0, 0.1) is 5.41 Å². The van der Waals surface area contributed by atoms with Crippen LogP contribution < -0.4 is 5.73 Å². The van der Waals surface area contributed by atoms with E-state index >= 15 is 0 Å². The van der Waals surface area contributed by atoms with E-state index < -0.39 is 0 Å². The minimum atomic E-state index is 0.517. The maximum atomic E-state index is 5.52. The van der Waals surface area contributed by atoms with Gasteiger partial charge in [-0.05, 0) is 44.8 Å². The summed E-state index contributed by atoms with van der Waals surface area (Å²) in [7, 11) is 2.24. The predicted molar refractivity (Wildman–Crippen MR) is 57.7 cm³/mol. The molecule has 0 heterocycles. The van der Waals surface area contributed by atoms with Gasteiger partial charge in [0.05, 0.1) is 0 Å². The van der Waals surface area contributed by atoms with Crippen molar-refractivity contribution in [1.29, 1.82) is 0 Å². The van der Waals surface area contributed by atoms with Crippen molar-refractivity contribution in [1.82, 2.24) is 4.90 Å². The summed E-state index contributed by atoms with van der Waals surface area (Å²) in [5, 5.41) is 0. The van der Waals surface area contributed by atoms with Crippen LogP contribution in [0.25, 0.3) is 0 Å². The second-order valence-corrected chi connectivity index (χ2v) is 5.02. The van der Waals surface area contributed by atoms with Crippen molar-refractivity contribution in [2.75, 3.05) is 20.1 Å². The summed E-state index contributed by atoms with van der Waals surface area (Å²) in [5.74, 6) is 0. The molecule has 0 spiro atoms. The van der Waals surface area contributed by atoms with E-state index in [1.165, 1.54) is 19.3 Å². The molecule has 1 unspecified atom stereocenters. The molecule has 0 radical (unpaired) electrons. The van der Waals surface area contributed by atoms with Gasteiger partial charge in [0.1, 0.15) is 0 Å². The topological polar surface area (TPSA) is 29.3 Å². The van der Waals surface area contributed by atoms with Crippen molar-refractivity contribution in [2.45, 2.75) is 45.6 Å². The lowest BCUT2D eigenvalue weighted by atomic mass is 9.86. The normalized spacial score (nSPS) is 27.0. The fourth-order valence-corrected chi connectivity index (χ4v) is 2.62. The van der Waals surface area contributed by atoms with Gasteiger partial charge in [0.2, 0.25) is 0 Å². The van der Waals surface area contributed by atoms with Crippen molar-refractivity contribution in [2.24, 2.45) is 11.1 Å². The Morgan fingerprint density at radius 1 is 1.46 bits per heavy atom. The van der Waals surface area contributed by atoms with Gasteiger partial charge < -0.3 is 10.6 Å². The first-order valence-corrected chi connectivity index (χ1v) is 5.48. The van der Waals surface area contributed by atoms with Gasteiger partial charge in [0.15, 0.2) is 0 Å². The molecule has 1 atom stereocenters. The van der Waals surface area contributed by atoms with Crippen LogP contribution in [0.1, 0.15) is 39.5 Å². The Bertz CT molecular complexity index is 154. The summed E-state index contributed by atoms with van der Waals surface area (Å²) in [4.78, 5) is 2.50. The summed E-state index contributed by atoms with van der Waals surface area (Å²) < 4.78 is 0. The summed E-state index contributed by atoms with van der Waals surface area (Å²) >= 11 is 0. The second kappa shape index (κ2) is 4.43. The Morgan fingerprint density at radius 2 is 2.15 bits per heavy atom. The molecule has 78 valence electrons. The van der Waals surface area contributed by atoms with Crippen molar-refractivity contribution in [3.05, 3.63) is 0 Å². The number of hydrogen-bond donors (Lipinski definition) is 1. The summed E-state index contributed by atoms with van der Waals surface area (Å²) in [5.41, 5.74) is 6.03. The molecular formula is C11H24N2. The van der Waals surface area contributed by atoms with Gasteiger partial charge in [-0.2, -0.15) is 0 Å². The average molecular weight is 184 g/mol. The SMILES string of the molecule is CN(CCCN)C1CCCC1(C)C. The van der Waals surface area contributed by atoms with Gasteiger partial charge in [0, 0.05) is 6.04 Å². The number of nitrogens with two attached hydrogens (primary N) is 1. The molecule has 0 bridgehead atoms. The lowest BCUT2D eigenvalue weighted by Gasteiger charge is -2.35. The standard InChI is InChI=1S/C11H24N2/c1-11(2)7-4-6-10(11)13(3)9-5-8-12/h10H,4-9,12H2,1-3H3. The molecule has 2 heteroatoms. The van der Waals surface area contributed by atoms with Gasteiger partial charge in [-0.25, -0.2) is 0 Å². The number of nitrogens with zero attached hydrogens (tertiary/aromatic N) is 1. The van der Waals surface area contributed by atoms with E-state index in [9.17, 15) is 0 Å². The van der Waals surface area contributed by atoms with E-state index in [4.69, 9.17) is 5.73 Å². The van der Waals surface area contributed by atoms with Gasteiger partial charge >= 0.3 is 0 Å². The molecule has 13 heavy (non-hydrogen) atoms. The zero-order chi connectivity index (χ0) is 9.90. The van der Waals surface area contributed by atoms with Crippen LogP contribution in [-0.2, 0) is 0 Å². The molecule has 0 aromatic heterocycles. The third kappa shape index (κ3) is 2.68. The van der Waals surface area contributed by atoms with E-state index in [0.29, 0.717) is 5.41 Å². The Labute approximate surface area is 82.5 Å². The second-order valence-electron chi connectivity index (χ2n) is 5.02. The molecule has 2 nitrogen and oxygen atoms in total. The summed E-state index contributed by atoms with van der Waals surface area (Å²) in [6, 6.07) is 0.777. The van der Waals surface area contributed by atoms with Gasteiger partial charge in [0.25, 0.3) is 0 Å². The van der Waals surface area contributed by atoms with E-state index in [0.717, 1.165) is 25.6 Å². The third-order valence-corrected chi connectivity index (χ3v) is 3.45. The van der Waals surface area contributed by atoms with Gasteiger partial charge in [-0.15, -0.1) is 0 Å². The first-order valence-electron chi connectivity index (χ1n) is 5.48. The molecule has 0 aliphatic heterocycles. The van der Waals surface area contributed by atoms with E-state index in [1.54, 1.807) is 0 Å². The molecule has 0 aromatic rings. The Kier molecular flexibility index (Phi) is 3.74. The highest BCUT2D eigenvalue weighted by molar-refractivity contribution is 4.90. The largest absolute Gasteiger partial charge is 0.330 e. The van der Waals surface area contributed by atoms with Crippen molar-refractivity contribution in [3.8, 4) is 0 Å². The van der Waals surface area contributed by atoms with Crippen LogP contribution in [0.2, 0.25) is 0 Å². The molecule has 1 rings (SSSR count). The van der Waals surface area contributed by atoms with E-state index in [2.05, 4.69) is 25.8 Å². The van der Waals surface area contributed by atoms with Crippen LogP contribution in [-0.4, -0.2) is 31.1 Å². The zero-order valence-electron chi connectivity index (χ0n) is 9.34. The quantitative estimate of drug-likeness (QED) is 0.722. The first-order chi connectivity index (χ1) is 6.08. The molecule has 1 aliphatic rings. The molecule has 0 saturated heterocycles. The molecule has 0 amide bonds. The molecule has 1 fully saturated rings. The van der Waals surface area contributed by atoms with E-state index in [1.807, 2.05) is 0 Å². The smallest absolute Gasteiger partial charge is 0.0143 e. The molecule has 1 aliphatic carbocycles. The Balaban J connectivity index is 2.41. The minimum Gasteiger partial charge on any atom is -0.330 e. The van der Waals surface area contributed by atoms with Crippen LogP contribution in [0.4, 0.5) is 0 Å². The highest BCUT2D eigenvalue weighted by Gasteiger charge is 2.36. The predicted octanol–water partition coefficient (Wildman–Crippen LogP) is 1.85. The third-order valence-electron chi connectivity index (χ3n) is 3.45. The molecule has 2 N–H and O–H groups in total. The Hall–Kier alpha value is -0.0800. The van der Waals surface area contributed by atoms with Gasteiger partial charge in [-0.3, -0.25) is 0 Å². The average Bonchev–Trinajstić information content (AvgIpc) is 2.41. The van der Waals surface area contributed by atoms with Crippen LogP contribution in [0.15, 0.2) is 0 Å². The highest BCUT2D eigenvalue weighted by atomic mass is 15.1. The summed E-state index contributed by atoms with van der Waals surface area (Å²) in [6.07, 6.45) is 5.27. The fourth-order valence-electron chi connectivity index (χ4n) is 2.62. The van der Waals surface area contributed by atoms with Gasteiger partial charge in [-0.1, -0.05) is 20.3 Å². The Morgan fingerprint density at radius 3 is 2.62 bits per heavy atom. The lowest BCUT2D eigenvalue weighted by molar-refractivity contribution is 0.140. The van der Waals surface area contributed by atoms with Crippen molar-refractivity contribution >= 4 is 0 Å². The monoisotopic (exact) mass is 184 g/mol. The van der Waals surface area contributed by atoms with Crippen LogP contribution >= 0.6 is 0 Å². The van der Waals surface area contributed by atoms with Crippen molar-refractivity contribution < 1.29 is 0 Å². The molecule has 1 saturated carbocycles. The zero-order valence-corrected chi connectivity index (χ0v) is 9.34. The van der Waals surface area contributed by atoms with Crippen LogP contribution in [0.3, 0.4) is 0 Å².